The molecule has 18 heavy (non-hydrogen) atoms. The highest BCUT2D eigenvalue weighted by Gasteiger charge is 2.58. The topological polar surface area (TPSA) is 64.6 Å². The van der Waals surface area contributed by atoms with Crippen LogP contribution >= 0.6 is 0 Å². The van der Waals surface area contributed by atoms with Crippen LogP contribution in [0.5, 0.6) is 0 Å². The number of methoxy groups -OCH3 is 1. The molecule has 3 aliphatic heterocycles. The number of esters is 1. The molecule has 0 aromatic rings. The summed E-state index contributed by atoms with van der Waals surface area (Å²) in [6.07, 6.45) is 5.80. The maximum absolute atomic E-state index is 11.5. The van der Waals surface area contributed by atoms with Crippen molar-refractivity contribution in [3.05, 3.63) is 12.2 Å². The molecule has 3 aliphatic rings. The molecule has 2 fully saturated rings. The Kier molecular flexibility index (Phi) is 2.66. The van der Waals surface area contributed by atoms with Crippen LogP contribution < -0.4 is 5.32 Å². The van der Waals surface area contributed by atoms with Gasteiger partial charge in [-0.3, -0.25) is 9.59 Å². The van der Waals surface area contributed by atoms with E-state index in [1.165, 1.54) is 7.11 Å². The summed E-state index contributed by atoms with van der Waals surface area (Å²) < 4.78 is 10.7. The normalized spacial score (nSPS) is 40.5. The van der Waals surface area contributed by atoms with E-state index >= 15 is 0 Å². The molecule has 98 valence electrons. The first-order valence-electron chi connectivity index (χ1n) is 6.35. The van der Waals surface area contributed by atoms with Gasteiger partial charge in [0.15, 0.2) is 0 Å². The van der Waals surface area contributed by atoms with Crippen LogP contribution in [-0.4, -0.2) is 37.2 Å². The fourth-order valence-electron chi connectivity index (χ4n) is 3.44. The Morgan fingerprint density at radius 3 is 3.28 bits per heavy atom. The van der Waals surface area contributed by atoms with Crippen molar-refractivity contribution in [3.8, 4) is 0 Å². The molecule has 1 N–H and O–H groups in total. The Morgan fingerprint density at radius 1 is 1.67 bits per heavy atom. The van der Waals surface area contributed by atoms with Gasteiger partial charge < -0.3 is 14.8 Å². The number of carbonyl (C=O) groups excluding carboxylic acids is 2. The molecule has 1 spiro atoms. The highest BCUT2D eigenvalue weighted by atomic mass is 16.5. The molecule has 0 aromatic heterocycles. The third-order valence-corrected chi connectivity index (χ3v) is 4.37. The second-order valence-corrected chi connectivity index (χ2v) is 5.26. The van der Waals surface area contributed by atoms with Gasteiger partial charge in [0.1, 0.15) is 5.60 Å². The van der Waals surface area contributed by atoms with Crippen LogP contribution in [0.1, 0.15) is 19.3 Å². The van der Waals surface area contributed by atoms with Crippen molar-refractivity contribution in [1.29, 1.82) is 0 Å². The van der Waals surface area contributed by atoms with Gasteiger partial charge in [-0.2, -0.15) is 0 Å². The number of rotatable bonds is 3. The average molecular weight is 251 g/mol. The summed E-state index contributed by atoms with van der Waals surface area (Å²) >= 11 is 0. The van der Waals surface area contributed by atoms with E-state index in [1.807, 2.05) is 0 Å². The summed E-state index contributed by atoms with van der Waals surface area (Å²) in [5.74, 6) is 0.334. The van der Waals surface area contributed by atoms with Crippen LogP contribution in [0.4, 0.5) is 0 Å². The highest BCUT2D eigenvalue weighted by Crippen LogP contribution is 2.51. The smallest absolute Gasteiger partial charge is 0.305 e. The van der Waals surface area contributed by atoms with Crippen molar-refractivity contribution in [2.75, 3.05) is 13.7 Å². The summed E-state index contributed by atoms with van der Waals surface area (Å²) in [5.41, 5.74) is -0.320. The lowest BCUT2D eigenvalue weighted by atomic mass is 9.70. The molecule has 0 aromatic carbocycles. The van der Waals surface area contributed by atoms with Crippen molar-refractivity contribution >= 4 is 11.9 Å². The zero-order valence-corrected chi connectivity index (χ0v) is 10.3. The number of piperidine rings is 1. The van der Waals surface area contributed by atoms with Crippen LogP contribution in [-0.2, 0) is 19.1 Å². The van der Waals surface area contributed by atoms with Gasteiger partial charge in [-0.1, -0.05) is 12.2 Å². The minimum atomic E-state index is -0.320. The van der Waals surface area contributed by atoms with E-state index in [-0.39, 0.29) is 35.4 Å². The molecule has 3 heterocycles. The van der Waals surface area contributed by atoms with Crippen LogP contribution in [0, 0.1) is 11.8 Å². The first kappa shape index (κ1) is 11.7. The quantitative estimate of drug-likeness (QED) is 0.582. The molecule has 0 radical (unpaired) electrons. The summed E-state index contributed by atoms with van der Waals surface area (Å²) in [6.45, 7) is 0.554. The molecule has 3 rings (SSSR count). The van der Waals surface area contributed by atoms with Gasteiger partial charge in [0.05, 0.1) is 19.8 Å². The van der Waals surface area contributed by atoms with Crippen molar-refractivity contribution < 1.29 is 19.1 Å². The number of ether oxygens (including phenoxy) is 2. The van der Waals surface area contributed by atoms with Crippen molar-refractivity contribution in [2.24, 2.45) is 11.8 Å². The SMILES string of the molecule is COC(=O)CC[C@@H]1[C@H]2CC(=O)NC[C@]23C=C[C@H]1O3. The fraction of sp³-hybridized carbons (Fsp3) is 0.692. The zero-order valence-electron chi connectivity index (χ0n) is 10.3. The first-order valence-corrected chi connectivity index (χ1v) is 6.35. The average Bonchev–Trinajstić information content (AvgIpc) is 2.91. The minimum absolute atomic E-state index is 0.0485. The molecular formula is C13H17NO4. The Bertz CT molecular complexity index is 419. The van der Waals surface area contributed by atoms with Gasteiger partial charge in [0.25, 0.3) is 0 Å². The number of nitrogens with one attached hydrogen (secondary N) is 1. The second-order valence-electron chi connectivity index (χ2n) is 5.26. The predicted octanol–water partition coefficient (Wildman–Crippen LogP) is 0.399. The van der Waals surface area contributed by atoms with Crippen LogP contribution in [0.3, 0.4) is 0 Å². The van der Waals surface area contributed by atoms with Gasteiger partial charge in [0, 0.05) is 18.8 Å². The molecule has 5 nitrogen and oxygen atoms in total. The summed E-state index contributed by atoms with van der Waals surface area (Å²) in [6, 6.07) is 0. The van der Waals surface area contributed by atoms with E-state index in [0.717, 1.165) is 6.42 Å². The summed E-state index contributed by atoms with van der Waals surface area (Å²) in [4.78, 5) is 22.8. The van der Waals surface area contributed by atoms with E-state index in [4.69, 9.17) is 4.74 Å². The van der Waals surface area contributed by atoms with E-state index < -0.39 is 0 Å². The number of carbonyl (C=O) groups is 2. The monoisotopic (exact) mass is 251 g/mol. The number of fused-ring (bicyclic) bond motifs is 1. The van der Waals surface area contributed by atoms with Crippen molar-refractivity contribution in [1.82, 2.24) is 5.32 Å². The van der Waals surface area contributed by atoms with Crippen molar-refractivity contribution in [2.45, 2.75) is 31.0 Å². The third kappa shape index (κ3) is 1.65. The highest BCUT2D eigenvalue weighted by molar-refractivity contribution is 5.78. The molecule has 5 heteroatoms. The Balaban J connectivity index is 1.73. The lowest BCUT2D eigenvalue weighted by Crippen LogP contribution is -2.52. The maximum Gasteiger partial charge on any atom is 0.305 e. The van der Waals surface area contributed by atoms with Gasteiger partial charge in [0.2, 0.25) is 5.91 Å². The largest absolute Gasteiger partial charge is 0.469 e. The van der Waals surface area contributed by atoms with E-state index in [2.05, 4.69) is 22.2 Å². The Labute approximate surface area is 106 Å². The van der Waals surface area contributed by atoms with Gasteiger partial charge >= 0.3 is 5.97 Å². The van der Waals surface area contributed by atoms with Gasteiger partial charge in [-0.25, -0.2) is 0 Å². The Hall–Kier alpha value is -1.36. The van der Waals surface area contributed by atoms with E-state index in [1.54, 1.807) is 0 Å². The molecule has 0 unspecified atom stereocenters. The van der Waals surface area contributed by atoms with Gasteiger partial charge in [-0.05, 0) is 12.3 Å². The molecule has 0 saturated carbocycles. The molecule has 2 bridgehead atoms. The lowest BCUT2D eigenvalue weighted by Gasteiger charge is -2.37. The minimum Gasteiger partial charge on any atom is -0.469 e. The molecule has 1 amide bonds. The zero-order chi connectivity index (χ0) is 12.8. The molecule has 0 aliphatic carbocycles. The Morgan fingerprint density at radius 2 is 2.50 bits per heavy atom. The number of hydrogen-bond acceptors (Lipinski definition) is 4. The second kappa shape index (κ2) is 4.09. The predicted molar refractivity (Wildman–Crippen MR) is 62.6 cm³/mol. The number of amides is 1. The molecule has 2 saturated heterocycles. The van der Waals surface area contributed by atoms with E-state index in [9.17, 15) is 9.59 Å². The summed E-state index contributed by atoms with van der Waals surface area (Å²) in [7, 11) is 1.40. The molecule has 4 atom stereocenters. The van der Waals surface area contributed by atoms with Crippen molar-refractivity contribution in [3.63, 3.8) is 0 Å². The molecular weight excluding hydrogens is 234 g/mol. The third-order valence-electron chi connectivity index (χ3n) is 4.37. The lowest BCUT2D eigenvalue weighted by molar-refractivity contribution is -0.141. The maximum atomic E-state index is 11.5. The van der Waals surface area contributed by atoms with Crippen LogP contribution in [0.15, 0.2) is 12.2 Å². The summed E-state index contributed by atoms with van der Waals surface area (Å²) in [5, 5.41) is 2.86. The van der Waals surface area contributed by atoms with Gasteiger partial charge in [-0.15, -0.1) is 0 Å². The standard InChI is InChI=1S/C13H17NO4/c1-17-12(16)3-2-8-9-6-11(15)14-7-13(9)5-4-10(8)18-13/h4-5,8-10H,2-3,6-7H2,1H3,(H,14,15)/t8-,9-,10-,13-/m1/s1. The first-order chi connectivity index (χ1) is 8.64. The van der Waals surface area contributed by atoms with E-state index in [0.29, 0.717) is 19.4 Å². The fourth-order valence-corrected chi connectivity index (χ4v) is 3.44. The van der Waals surface area contributed by atoms with Crippen LogP contribution in [0.2, 0.25) is 0 Å². The van der Waals surface area contributed by atoms with Crippen LogP contribution in [0.25, 0.3) is 0 Å². The number of hydrogen-bond donors (Lipinski definition) is 1.